The molecule has 0 aliphatic rings. The van der Waals surface area contributed by atoms with Crippen molar-refractivity contribution in [2.75, 3.05) is 0 Å². The van der Waals surface area contributed by atoms with Crippen LogP contribution in [0, 0.1) is 0 Å². The van der Waals surface area contributed by atoms with Crippen molar-refractivity contribution in [3.05, 3.63) is 64.8 Å². The number of aliphatic carboxylic acids is 1. The van der Waals surface area contributed by atoms with E-state index in [1.54, 1.807) is 13.0 Å². The zero-order chi connectivity index (χ0) is 15.8. The summed E-state index contributed by atoms with van der Waals surface area (Å²) in [6.07, 6.45) is 9.01. The average molecular weight is 284 g/mol. The van der Waals surface area contributed by atoms with E-state index < -0.39 is 5.97 Å². The van der Waals surface area contributed by atoms with Crippen LogP contribution < -0.4 is 0 Å². The lowest BCUT2D eigenvalue weighted by atomic mass is 9.97. The quantitative estimate of drug-likeness (QED) is 0.601. The third kappa shape index (κ3) is 5.42. The number of hydrogen-bond acceptors (Lipinski definition) is 1. The van der Waals surface area contributed by atoms with Gasteiger partial charge in [-0.2, -0.15) is 0 Å². The van der Waals surface area contributed by atoms with Crippen molar-refractivity contribution in [1.29, 1.82) is 0 Å². The first-order valence-corrected chi connectivity index (χ1v) is 7.36. The minimum absolute atomic E-state index is 0.724. The predicted molar refractivity (Wildman–Crippen MR) is 89.4 cm³/mol. The highest BCUT2D eigenvalue weighted by Crippen LogP contribution is 2.20. The molecular weight excluding hydrogens is 260 g/mol. The standard InChI is InChI=1S/C19H24O2/c1-5-16-10-11-18(13-17(16)6-2)15(4)9-7-8-14(3)12-19(20)21/h7-13H,5-6H2,1-4H3,(H,20,21)/b8-7+,14-12+,15-9-. The Morgan fingerprint density at radius 1 is 1.14 bits per heavy atom. The van der Waals surface area contributed by atoms with E-state index in [1.807, 2.05) is 12.2 Å². The minimum Gasteiger partial charge on any atom is -0.478 e. The van der Waals surface area contributed by atoms with Gasteiger partial charge in [0.2, 0.25) is 0 Å². The maximum Gasteiger partial charge on any atom is 0.328 e. The Morgan fingerprint density at radius 3 is 2.38 bits per heavy atom. The summed E-state index contributed by atoms with van der Waals surface area (Å²) in [6.45, 7) is 8.20. The first kappa shape index (κ1) is 17.0. The molecule has 1 aromatic carbocycles. The molecule has 0 fully saturated rings. The fourth-order valence-electron chi connectivity index (χ4n) is 2.23. The lowest BCUT2D eigenvalue weighted by Crippen LogP contribution is -1.92. The smallest absolute Gasteiger partial charge is 0.328 e. The lowest BCUT2D eigenvalue weighted by Gasteiger charge is -2.09. The third-order valence-corrected chi connectivity index (χ3v) is 3.48. The van der Waals surface area contributed by atoms with E-state index in [-0.39, 0.29) is 0 Å². The van der Waals surface area contributed by atoms with E-state index in [0.717, 1.165) is 18.4 Å². The summed E-state index contributed by atoms with van der Waals surface area (Å²) in [6, 6.07) is 6.60. The summed E-state index contributed by atoms with van der Waals surface area (Å²) in [5.74, 6) is -0.916. The van der Waals surface area contributed by atoms with Gasteiger partial charge in [-0.05, 0) is 54.5 Å². The summed E-state index contributed by atoms with van der Waals surface area (Å²) in [5, 5.41) is 8.65. The van der Waals surface area contributed by atoms with Gasteiger partial charge in [0.15, 0.2) is 0 Å². The van der Waals surface area contributed by atoms with Gasteiger partial charge < -0.3 is 5.11 Å². The largest absolute Gasteiger partial charge is 0.478 e. The van der Waals surface area contributed by atoms with Gasteiger partial charge in [-0.15, -0.1) is 0 Å². The van der Waals surface area contributed by atoms with Gasteiger partial charge in [-0.25, -0.2) is 4.79 Å². The van der Waals surface area contributed by atoms with E-state index in [4.69, 9.17) is 5.11 Å². The Hall–Kier alpha value is -2.09. The van der Waals surface area contributed by atoms with Crippen LogP contribution in [0.25, 0.3) is 5.57 Å². The van der Waals surface area contributed by atoms with Crippen LogP contribution in [0.4, 0.5) is 0 Å². The van der Waals surface area contributed by atoms with Crippen molar-refractivity contribution >= 4 is 11.5 Å². The van der Waals surface area contributed by atoms with Crippen LogP contribution in [-0.2, 0) is 17.6 Å². The summed E-state index contributed by atoms with van der Waals surface area (Å²) in [5.41, 5.74) is 5.92. The average Bonchev–Trinajstić information content (AvgIpc) is 2.45. The molecule has 0 aliphatic heterocycles. The molecule has 0 atom stereocenters. The topological polar surface area (TPSA) is 37.3 Å². The molecule has 0 heterocycles. The maximum absolute atomic E-state index is 10.5. The molecule has 0 spiro atoms. The monoisotopic (exact) mass is 284 g/mol. The molecule has 1 rings (SSSR count). The van der Waals surface area contributed by atoms with Crippen LogP contribution in [0.1, 0.15) is 44.4 Å². The molecular formula is C19H24O2. The maximum atomic E-state index is 10.5. The third-order valence-electron chi connectivity index (χ3n) is 3.48. The second kappa shape index (κ2) is 8.25. The Labute approximate surface area is 127 Å². The van der Waals surface area contributed by atoms with Gasteiger partial charge in [-0.1, -0.05) is 50.3 Å². The summed E-state index contributed by atoms with van der Waals surface area (Å²) < 4.78 is 0. The summed E-state index contributed by atoms with van der Waals surface area (Å²) >= 11 is 0. The van der Waals surface area contributed by atoms with Crippen LogP contribution in [0.2, 0.25) is 0 Å². The molecule has 2 heteroatoms. The number of aryl methyl sites for hydroxylation is 2. The molecule has 0 amide bonds. The van der Waals surface area contributed by atoms with Gasteiger partial charge in [0, 0.05) is 6.08 Å². The van der Waals surface area contributed by atoms with Crippen molar-refractivity contribution in [3.8, 4) is 0 Å². The fraction of sp³-hybridized carbons (Fsp3) is 0.316. The number of carboxylic acids is 1. The SMILES string of the molecule is CCc1ccc(\C(C)=C/C=C/C(C)=C/C(=O)O)cc1CC. The Kier molecular flexibility index (Phi) is 6.67. The van der Waals surface area contributed by atoms with Gasteiger partial charge >= 0.3 is 5.97 Å². The summed E-state index contributed by atoms with van der Waals surface area (Å²) in [7, 11) is 0. The number of carboxylic acid groups (broad SMARTS) is 1. The van der Waals surface area contributed by atoms with Crippen molar-refractivity contribution in [1.82, 2.24) is 0 Å². The zero-order valence-electron chi connectivity index (χ0n) is 13.3. The van der Waals surface area contributed by atoms with Gasteiger partial charge in [0.1, 0.15) is 0 Å². The molecule has 0 bridgehead atoms. The molecule has 0 saturated heterocycles. The predicted octanol–water partition coefficient (Wildman–Crippen LogP) is 4.80. The molecule has 21 heavy (non-hydrogen) atoms. The van der Waals surface area contributed by atoms with E-state index in [1.165, 1.54) is 28.3 Å². The van der Waals surface area contributed by atoms with E-state index in [0.29, 0.717) is 0 Å². The van der Waals surface area contributed by atoms with Crippen LogP contribution in [0.5, 0.6) is 0 Å². The van der Waals surface area contributed by atoms with Crippen molar-refractivity contribution in [2.45, 2.75) is 40.5 Å². The van der Waals surface area contributed by atoms with E-state index >= 15 is 0 Å². The zero-order valence-corrected chi connectivity index (χ0v) is 13.3. The molecule has 0 saturated carbocycles. The van der Waals surface area contributed by atoms with E-state index in [9.17, 15) is 4.79 Å². The molecule has 112 valence electrons. The molecule has 0 aliphatic carbocycles. The van der Waals surface area contributed by atoms with Gasteiger partial charge in [0.05, 0.1) is 0 Å². The van der Waals surface area contributed by atoms with Crippen LogP contribution >= 0.6 is 0 Å². The number of benzene rings is 1. The highest BCUT2D eigenvalue weighted by molar-refractivity contribution is 5.81. The first-order valence-electron chi connectivity index (χ1n) is 7.36. The highest BCUT2D eigenvalue weighted by atomic mass is 16.4. The summed E-state index contributed by atoms with van der Waals surface area (Å²) in [4.78, 5) is 10.5. The fourth-order valence-corrected chi connectivity index (χ4v) is 2.23. The number of hydrogen-bond donors (Lipinski definition) is 1. The van der Waals surface area contributed by atoms with Gasteiger partial charge in [-0.3, -0.25) is 0 Å². The molecule has 0 aromatic heterocycles. The molecule has 1 aromatic rings. The minimum atomic E-state index is -0.916. The number of carbonyl (C=O) groups is 1. The number of allylic oxidation sites excluding steroid dienone is 5. The molecule has 1 N–H and O–H groups in total. The lowest BCUT2D eigenvalue weighted by molar-refractivity contribution is -0.131. The van der Waals surface area contributed by atoms with Crippen molar-refractivity contribution in [2.24, 2.45) is 0 Å². The Morgan fingerprint density at radius 2 is 1.81 bits per heavy atom. The molecule has 0 radical (unpaired) electrons. The Balaban J connectivity index is 2.93. The number of rotatable bonds is 6. The first-order chi connectivity index (χ1) is 9.97. The van der Waals surface area contributed by atoms with Crippen LogP contribution in [0.15, 0.2) is 48.1 Å². The molecule has 2 nitrogen and oxygen atoms in total. The Bertz CT molecular complexity index is 590. The normalized spacial score (nSPS) is 13.0. The second-order valence-corrected chi connectivity index (χ2v) is 5.13. The van der Waals surface area contributed by atoms with Crippen LogP contribution in [-0.4, -0.2) is 11.1 Å². The molecule has 0 unspecified atom stereocenters. The van der Waals surface area contributed by atoms with Crippen molar-refractivity contribution in [3.63, 3.8) is 0 Å². The van der Waals surface area contributed by atoms with E-state index in [2.05, 4.69) is 39.0 Å². The van der Waals surface area contributed by atoms with Crippen molar-refractivity contribution < 1.29 is 9.90 Å². The van der Waals surface area contributed by atoms with Crippen LogP contribution in [0.3, 0.4) is 0 Å². The highest BCUT2D eigenvalue weighted by Gasteiger charge is 2.01. The van der Waals surface area contributed by atoms with Gasteiger partial charge in [0.25, 0.3) is 0 Å². The second-order valence-electron chi connectivity index (χ2n) is 5.13.